The van der Waals surface area contributed by atoms with Crippen molar-refractivity contribution in [3.05, 3.63) is 169 Å². The first-order valence-electron chi connectivity index (χ1n) is 16.2. The van der Waals surface area contributed by atoms with Crippen molar-refractivity contribution in [2.75, 3.05) is 4.90 Å². The third kappa shape index (κ3) is 4.47. The van der Waals surface area contributed by atoms with E-state index in [-0.39, 0.29) is 5.41 Å². The summed E-state index contributed by atoms with van der Waals surface area (Å²) >= 11 is 0. The molecule has 1 aliphatic rings. The van der Waals surface area contributed by atoms with Crippen molar-refractivity contribution in [3.63, 3.8) is 0 Å². The van der Waals surface area contributed by atoms with Crippen molar-refractivity contribution in [2.24, 2.45) is 0 Å². The lowest BCUT2D eigenvalue weighted by Gasteiger charge is -2.42. The second-order valence-corrected chi connectivity index (χ2v) is 12.7. The maximum Gasteiger partial charge on any atom is 0.137 e. The van der Waals surface area contributed by atoms with E-state index in [1.165, 1.54) is 27.9 Å². The van der Waals surface area contributed by atoms with Gasteiger partial charge in [-0.05, 0) is 90.0 Å². The summed E-state index contributed by atoms with van der Waals surface area (Å²) in [7, 11) is 0. The minimum Gasteiger partial charge on any atom is -0.457 e. The zero-order valence-corrected chi connectivity index (χ0v) is 26.7. The second-order valence-electron chi connectivity index (χ2n) is 12.7. The van der Waals surface area contributed by atoms with Crippen LogP contribution in [0.25, 0.3) is 38.9 Å². The summed E-state index contributed by atoms with van der Waals surface area (Å²) in [4.78, 5) is 11.8. The summed E-state index contributed by atoms with van der Waals surface area (Å²) < 4.78 is 8.78. The molecule has 5 nitrogen and oxygen atoms in total. The van der Waals surface area contributed by atoms with Crippen LogP contribution in [-0.2, 0) is 5.41 Å². The molecule has 0 aliphatic carbocycles. The Labute approximate surface area is 279 Å². The standard InChI is InChI=1S/C43H32N4O/c1-43(2)35-17-6-7-19-38(35)46(30-14-4-3-5-15-30)41-28-40-34(27-36(41)43)33-22-21-32(26-39(33)47(40)42-20-9-11-24-45-42)48-31-16-12-13-29(25-31)37-18-8-10-23-44-37/h3-28H,1-2H3. The number of benzene rings is 5. The first-order valence-corrected chi connectivity index (χ1v) is 16.2. The fourth-order valence-electron chi connectivity index (χ4n) is 7.23. The Balaban J connectivity index is 1.26. The molecule has 0 fully saturated rings. The first kappa shape index (κ1) is 28.1. The van der Waals surface area contributed by atoms with Crippen molar-refractivity contribution >= 4 is 38.9 Å². The molecule has 0 N–H and O–H groups in total. The molecule has 5 aromatic carbocycles. The van der Waals surface area contributed by atoms with Gasteiger partial charge in [-0.25, -0.2) is 4.98 Å². The molecule has 8 aromatic rings. The highest BCUT2D eigenvalue weighted by Crippen LogP contribution is 2.53. The van der Waals surface area contributed by atoms with Gasteiger partial charge in [0.1, 0.15) is 17.3 Å². The van der Waals surface area contributed by atoms with Crippen molar-refractivity contribution in [3.8, 4) is 28.6 Å². The van der Waals surface area contributed by atoms with Crippen molar-refractivity contribution < 1.29 is 4.74 Å². The van der Waals surface area contributed by atoms with E-state index in [0.717, 1.165) is 50.7 Å². The van der Waals surface area contributed by atoms with Crippen molar-refractivity contribution in [1.29, 1.82) is 0 Å². The summed E-state index contributed by atoms with van der Waals surface area (Å²) in [6.07, 6.45) is 3.66. The van der Waals surface area contributed by atoms with E-state index in [9.17, 15) is 0 Å². The smallest absolute Gasteiger partial charge is 0.137 e. The summed E-state index contributed by atoms with van der Waals surface area (Å²) in [5, 5.41) is 2.33. The number of para-hydroxylation sites is 2. The summed E-state index contributed by atoms with van der Waals surface area (Å²) in [5.41, 5.74) is 9.91. The average molecular weight is 621 g/mol. The lowest BCUT2D eigenvalue weighted by molar-refractivity contribution is 0.483. The molecule has 3 aromatic heterocycles. The molecule has 230 valence electrons. The van der Waals surface area contributed by atoms with Crippen LogP contribution in [0.1, 0.15) is 25.0 Å². The van der Waals surface area contributed by atoms with Crippen LogP contribution in [0.5, 0.6) is 11.5 Å². The van der Waals surface area contributed by atoms with E-state index in [0.29, 0.717) is 0 Å². The van der Waals surface area contributed by atoms with Crippen molar-refractivity contribution in [2.45, 2.75) is 19.3 Å². The van der Waals surface area contributed by atoms with E-state index in [4.69, 9.17) is 9.72 Å². The van der Waals surface area contributed by atoms with E-state index in [1.54, 1.807) is 0 Å². The predicted octanol–water partition coefficient (Wildman–Crippen LogP) is 11.1. The topological polar surface area (TPSA) is 43.2 Å². The van der Waals surface area contributed by atoms with E-state index in [1.807, 2.05) is 60.9 Å². The van der Waals surface area contributed by atoms with Gasteiger partial charge in [0.2, 0.25) is 0 Å². The van der Waals surface area contributed by atoms with Gasteiger partial charge in [-0.15, -0.1) is 0 Å². The number of rotatable bonds is 5. The molecule has 0 saturated heterocycles. The van der Waals surface area contributed by atoms with Crippen LogP contribution in [0.2, 0.25) is 0 Å². The molecule has 48 heavy (non-hydrogen) atoms. The zero-order valence-electron chi connectivity index (χ0n) is 26.7. The molecule has 0 amide bonds. The largest absolute Gasteiger partial charge is 0.457 e. The summed E-state index contributed by atoms with van der Waals surface area (Å²) in [6.45, 7) is 4.67. The first-order chi connectivity index (χ1) is 23.6. The predicted molar refractivity (Wildman–Crippen MR) is 195 cm³/mol. The number of ether oxygens (including phenoxy) is 1. The Morgan fingerprint density at radius 2 is 1.29 bits per heavy atom. The molecule has 0 spiro atoms. The monoisotopic (exact) mass is 620 g/mol. The summed E-state index contributed by atoms with van der Waals surface area (Å²) in [5.74, 6) is 2.36. The summed E-state index contributed by atoms with van der Waals surface area (Å²) in [6, 6.07) is 50.6. The van der Waals surface area contributed by atoms with Crippen LogP contribution in [-0.4, -0.2) is 14.5 Å². The Kier molecular flexibility index (Phi) is 6.40. The number of pyridine rings is 2. The SMILES string of the molecule is CC1(C)c2ccccc2N(c2ccccc2)c2cc3c(cc21)c1ccc(Oc2cccc(-c4ccccn4)c2)cc1n3-c1ccccn1. The van der Waals surface area contributed by atoms with Gasteiger partial charge in [-0.2, -0.15) is 0 Å². The average Bonchev–Trinajstić information content (AvgIpc) is 3.45. The van der Waals surface area contributed by atoms with E-state index in [2.05, 4.69) is 125 Å². The molecule has 1 aliphatic heterocycles. The Hall–Kier alpha value is -6.20. The molecule has 0 unspecified atom stereocenters. The number of anilines is 3. The highest BCUT2D eigenvalue weighted by atomic mass is 16.5. The minimum atomic E-state index is -0.216. The van der Waals surface area contributed by atoms with Crippen LogP contribution < -0.4 is 9.64 Å². The maximum atomic E-state index is 6.52. The number of nitrogens with zero attached hydrogens (tertiary/aromatic N) is 4. The lowest BCUT2D eigenvalue weighted by Crippen LogP contribution is -2.30. The number of fused-ring (bicyclic) bond motifs is 5. The van der Waals surface area contributed by atoms with Gasteiger partial charge in [-0.3, -0.25) is 9.55 Å². The van der Waals surface area contributed by atoms with Crippen LogP contribution in [0.15, 0.2) is 158 Å². The highest BCUT2D eigenvalue weighted by molar-refractivity contribution is 6.11. The molecule has 0 atom stereocenters. The maximum absolute atomic E-state index is 6.52. The second kappa shape index (κ2) is 11.0. The van der Waals surface area contributed by atoms with Crippen LogP contribution >= 0.6 is 0 Å². The molecule has 0 radical (unpaired) electrons. The number of hydrogen-bond donors (Lipinski definition) is 0. The lowest BCUT2D eigenvalue weighted by atomic mass is 9.73. The molecular formula is C43H32N4O. The molecule has 5 heteroatoms. The van der Waals surface area contributed by atoms with Gasteiger partial charge in [0.25, 0.3) is 0 Å². The molecule has 9 rings (SSSR count). The van der Waals surface area contributed by atoms with Gasteiger partial charge in [0.15, 0.2) is 0 Å². The molecule has 0 bridgehead atoms. The fraction of sp³-hybridized carbons (Fsp3) is 0.0698. The van der Waals surface area contributed by atoms with Gasteiger partial charge < -0.3 is 9.64 Å². The van der Waals surface area contributed by atoms with Gasteiger partial charge >= 0.3 is 0 Å². The van der Waals surface area contributed by atoms with E-state index >= 15 is 0 Å². The van der Waals surface area contributed by atoms with Gasteiger partial charge in [0, 0.05) is 45.9 Å². The normalized spacial score (nSPS) is 13.3. The van der Waals surface area contributed by atoms with Crippen LogP contribution in [0.4, 0.5) is 17.1 Å². The van der Waals surface area contributed by atoms with E-state index < -0.39 is 0 Å². The minimum absolute atomic E-state index is 0.216. The third-order valence-corrected chi connectivity index (χ3v) is 9.51. The molecule has 4 heterocycles. The van der Waals surface area contributed by atoms with Crippen LogP contribution in [0, 0.1) is 0 Å². The highest BCUT2D eigenvalue weighted by Gasteiger charge is 2.37. The van der Waals surface area contributed by atoms with Gasteiger partial charge in [-0.1, -0.05) is 74.5 Å². The fourth-order valence-corrected chi connectivity index (χ4v) is 7.23. The number of aromatic nitrogens is 3. The third-order valence-electron chi connectivity index (χ3n) is 9.51. The zero-order chi connectivity index (χ0) is 32.2. The molecular weight excluding hydrogens is 589 g/mol. The Bertz CT molecular complexity index is 2450. The van der Waals surface area contributed by atoms with Crippen molar-refractivity contribution in [1.82, 2.24) is 14.5 Å². The van der Waals surface area contributed by atoms with Gasteiger partial charge in [0.05, 0.1) is 28.1 Å². The number of hydrogen-bond acceptors (Lipinski definition) is 4. The van der Waals surface area contributed by atoms with Crippen LogP contribution in [0.3, 0.4) is 0 Å². The Morgan fingerprint density at radius 3 is 2.10 bits per heavy atom. The quantitative estimate of drug-likeness (QED) is 0.192. The Morgan fingerprint density at radius 1 is 0.542 bits per heavy atom. The molecule has 0 saturated carbocycles.